The Balaban J connectivity index is 3.92. The highest BCUT2D eigenvalue weighted by Crippen LogP contribution is 2.14. The second-order valence-electron chi connectivity index (χ2n) is 14.0. The summed E-state index contributed by atoms with van der Waals surface area (Å²) in [6.07, 6.45) is 48.5. The van der Waals surface area contributed by atoms with Crippen LogP contribution in [0.1, 0.15) is 195 Å². The molecule has 282 valence electrons. The van der Waals surface area contributed by atoms with Crippen LogP contribution in [0.3, 0.4) is 0 Å². The van der Waals surface area contributed by atoms with Crippen LogP contribution >= 0.6 is 11.8 Å². The van der Waals surface area contributed by atoms with Gasteiger partial charge >= 0.3 is 0 Å². The molecule has 0 bridgehead atoms. The Hall–Kier alpha value is -1.00. The van der Waals surface area contributed by atoms with Crippen LogP contribution in [-0.4, -0.2) is 59.9 Å². The summed E-state index contributed by atoms with van der Waals surface area (Å²) in [5, 5.41) is 0. The van der Waals surface area contributed by atoms with Gasteiger partial charge in [-0.3, -0.25) is 9.69 Å². The van der Waals surface area contributed by atoms with Crippen LogP contribution in [0.5, 0.6) is 0 Å². The fourth-order valence-electron chi connectivity index (χ4n) is 6.12. The minimum absolute atomic E-state index is 0.333. The average Bonchev–Trinajstić information content (AvgIpc) is 3.10. The number of hydrogen-bond donors (Lipinski definition) is 0. The molecule has 0 saturated carbocycles. The van der Waals surface area contributed by atoms with E-state index in [-0.39, 0.29) is 0 Å². The number of likely N-dealkylation sites (N-methyl/N-ethyl adjacent to an activating group) is 1. The van der Waals surface area contributed by atoms with E-state index in [0.717, 1.165) is 44.8 Å². The van der Waals surface area contributed by atoms with Crippen LogP contribution in [0.15, 0.2) is 36.5 Å². The molecule has 0 aromatic heterocycles. The van der Waals surface area contributed by atoms with Crippen molar-refractivity contribution in [2.24, 2.45) is 0 Å². The van der Waals surface area contributed by atoms with Crippen LogP contribution in [0.2, 0.25) is 0 Å². The molecular weight excluding hydrogens is 605 g/mol. The Labute approximate surface area is 306 Å². The summed E-state index contributed by atoms with van der Waals surface area (Å²) in [7, 11) is 0. The first-order valence-electron chi connectivity index (χ1n) is 21.2. The maximum absolute atomic E-state index is 13.1. The molecule has 0 saturated heterocycles. The SMILES string of the molecule is CCCCC/C=C\C/C=C\CCCCCCCCN(CCSCCCCCCCC/C=C\CCCCCCCC)C(=O)CN(CC)CC. The molecule has 0 fully saturated rings. The Morgan fingerprint density at radius 1 is 0.458 bits per heavy atom. The lowest BCUT2D eigenvalue weighted by atomic mass is 10.1. The molecule has 0 aliphatic heterocycles. The van der Waals surface area contributed by atoms with Crippen LogP contribution < -0.4 is 0 Å². The van der Waals surface area contributed by atoms with Gasteiger partial charge in [-0.2, -0.15) is 11.8 Å². The number of thioether (sulfide) groups is 1. The van der Waals surface area contributed by atoms with E-state index < -0.39 is 0 Å². The van der Waals surface area contributed by atoms with Crippen molar-refractivity contribution in [3.8, 4) is 0 Å². The molecule has 0 N–H and O–H groups in total. The van der Waals surface area contributed by atoms with Crippen LogP contribution in [-0.2, 0) is 4.79 Å². The number of nitrogens with zero attached hydrogens (tertiary/aromatic N) is 2. The lowest BCUT2D eigenvalue weighted by Crippen LogP contribution is -2.41. The van der Waals surface area contributed by atoms with Crippen molar-refractivity contribution >= 4 is 17.7 Å². The van der Waals surface area contributed by atoms with Crippen molar-refractivity contribution in [2.75, 3.05) is 44.2 Å². The van der Waals surface area contributed by atoms with E-state index in [0.29, 0.717) is 12.5 Å². The standard InChI is InChI=1S/C44H84N2OS/c1-5-9-11-13-15-17-19-21-23-25-27-29-31-33-35-37-39-46(44(47)43-45(7-3)8-4)40-42-48-41-38-36-34-32-30-28-26-24-22-20-18-16-14-12-10-6-2/h15,17,21-24H,5-14,16,18-20,25-43H2,1-4H3/b17-15-,23-21-,24-22-. The first kappa shape index (κ1) is 47.0. The zero-order valence-corrected chi connectivity index (χ0v) is 33.8. The van der Waals surface area contributed by atoms with Crippen molar-refractivity contribution in [1.82, 2.24) is 9.80 Å². The molecule has 1 amide bonds. The van der Waals surface area contributed by atoms with Gasteiger partial charge in [0.1, 0.15) is 0 Å². The maximum atomic E-state index is 13.1. The molecule has 0 aliphatic carbocycles. The van der Waals surface area contributed by atoms with Crippen molar-refractivity contribution in [2.45, 2.75) is 195 Å². The average molecular weight is 689 g/mol. The van der Waals surface area contributed by atoms with E-state index in [9.17, 15) is 4.79 Å². The van der Waals surface area contributed by atoms with E-state index in [2.05, 4.69) is 85.7 Å². The molecule has 48 heavy (non-hydrogen) atoms. The zero-order chi connectivity index (χ0) is 35.0. The van der Waals surface area contributed by atoms with Gasteiger partial charge < -0.3 is 4.90 Å². The Kier molecular flexibility index (Phi) is 39.6. The predicted octanol–water partition coefficient (Wildman–Crippen LogP) is 13.7. The first-order chi connectivity index (χ1) is 23.7. The molecule has 0 spiro atoms. The Morgan fingerprint density at radius 2 is 0.875 bits per heavy atom. The van der Waals surface area contributed by atoms with Gasteiger partial charge in [0.25, 0.3) is 0 Å². The van der Waals surface area contributed by atoms with Gasteiger partial charge in [0.15, 0.2) is 0 Å². The van der Waals surface area contributed by atoms with E-state index in [1.54, 1.807) is 0 Å². The van der Waals surface area contributed by atoms with Crippen LogP contribution in [0, 0.1) is 0 Å². The number of unbranched alkanes of at least 4 members (excludes halogenated alkanes) is 21. The molecule has 4 heteroatoms. The monoisotopic (exact) mass is 689 g/mol. The van der Waals surface area contributed by atoms with E-state index in [4.69, 9.17) is 0 Å². The van der Waals surface area contributed by atoms with Crippen molar-refractivity contribution in [1.29, 1.82) is 0 Å². The van der Waals surface area contributed by atoms with E-state index in [1.807, 2.05) is 0 Å². The lowest BCUT2D eigenvalue weighted by molar-refractivity contribution is -0.132. The highest BCUT2D eigenvalue weighted by molar-refractivity contribution is 7.99. The van der Waals surface area contributed by atoms with Gasteiger partial charge in [-0.1, -0.05) is 160 Å². The molecule has 0 radical (unpaired) electrons. The third-order valence-electron chi connectivity index (χ3n) is 9.54. The molecule has 0 rings (SSSR count). The summed E-state index contributed by atoms with van der Waals surface area (Å²) in [6, 6.07) is 0. The summed E-state index contributed by atoms with van der Waals surface area (Å²) >= 11 is 2.05. The van der Waals surface area contributed by atoms with Crippen LogP contribution in [0.4, 0.5) is 0 Å². The summed E-state index contributed by atoms with van der Waals surface area (Å²) in [4.78, 5) is 17.6. The van der Waals surface area contributed by atoms with Crippen molar-refractivity contribution in [3.63, 3.8) is 0 Å². The number of carbonyl (C=O) groups is 1. The van der Waals surface area contributed by atoms with Gasteiger partial charge in [0.05, 0.1) is 6.54 Å². The molecular formula is C44H84N2OS. The molecule has 0 aliphatic rings. The highest BCUT2D eigenvalue weighted by atomic mass is 32.2. The molecule has 3 nitrogen and oxygen atoms in total. The fourth-order valence-corrected chi connectivity index (χ4v) is 7.08. The predicted molar refractivity (Wildman–Crippen MR) is 221 cm³/mol. The molecule has 0 aromatic rings. The quantitative estimate of drug-likeness (QED) is 0.0476. The topological polar surface area (TPSA) is 23.6 Å². The number of hydrogen-bond acceptors (Lipinski definition) is 3. The first-order valence-corrected chi connectivity index (χ1v) is 22.4. The minimum Gasteiger partial charge on any atom is -0.341 e. The van der Waals surface area contributed by atoms with E-state index >= 15 is 0 Å². The second-order valence-corrected chi connectivity index (χ2v) is 15.2. The lowest BCUT2D eigenvalue weighted by Gasteiger charge is -2.26. The fraction of sp³-hybridized carbons (Fsp3) is 0.841. The molecule has 0 aromatic carbocycles. The van der Waals surface area contributed by atoms with E-state index in [1.165, 1.54) is 160 Å². The largest absolute Gasteiger partial charge is 0.341 e. The highest BCUT2D eigenvalue weighted by Gasteiger charge is 2.15. The van der Waals surface area contributed by atoms with Gasteiger partial charge in [-0.25, -0.2) is 0 Å². The number of allylic oxidation sites excluding steroid dienone is 6. The second kappa shape index (κ2) is 40.4. The van der Waals surface area contributed by atoms with Crippen molar-refractivity contribution < 1.29 is 4.79 Å². The van der Waals surface area contributed by atoms with Crippen LogP contribution in [0.25, 0.3) is 0 Å². The minimum atomic E-state index is 0.333. The molecule has 0 unspecified atom stereocenters. The number of carbonyl (C=O) groups excluding carboxylic acids is 1. The summed E-state index contributed by atoms with van der Waals surface area (Å²) in [6.45, 7) is 13.2. The Morgan fingerprint density at radius 3 is 1.40 bits per heavy atom. The Bertz CT molecular complexity index is 729. The summed E-state index contributed by atoms with van der Waals surface area (Å²) in [5.74, 6) is 2.65. The maximum Gasteiger partial charge on any atom is 0.236 e. The van der Waals surface area contributed by atoms with Crippen molar-refractivity contribution in [3.05, 3.63) is 36.5 Å². The van der Waals surface area contributed by atoms with Gasteiger partial charge in [0.2, 0.25) is 5.91 Å². The third-order valence-corrected chi connectivity index (χ3v) is 10.6. The molecule has 0 atom stereocenters. The smallest absolute Gasteiger partial charge is 0.236 e. The van der Waals surface area contributed by atoms with Gasteiger partial charge in [-0.15, -0.1) is 0 Å². The number of amides is 1. The third kappa shape index (κ3) is 34.8. The van der Waals surface area contributed by atoms with Gasteiger partial charge in [0, 0.05) is 18.8 Å². The summed E-state index contributed by atoms with van der Waals surface area (Å²) < 4.78 is 0. The normalized spacial score (nSPS) is 12.1. The molecule has 0 heterocycles. The number of rotatable bonds is 38. The van der Waals surface area contributed by atoms with Gasteiger partial charge in [-0.05, 0) is 89.5 Å². The zero-order valence-electron chi connectivity index (χ0n) is 33.0. The summed E-state index contributed by atoms with van der Waals surface area (Å²) in [5.41, 5.74) is 0.